The number of carbonyl (C=O) groups excluding carboxylic acids is 3. The van der Waals surface area contributed by atoms with Crippen molar-refractivity contribution in [2.45, 2.75) is 96.8 Å². The van der Waals surface area contributed by atoms with Gasteiger partial charge in [-0.2, -0.15) is 0 Å². The van der Waals surface area contributed by atoms with Crippen molar-refractivity contribution in [2.24, 2.45) is 39.8 Å². The van der Waals surface area contributed by atoms with Gasteiger partial charge in [-0.3, -0.25) is 19.4 Å². The van der Waals surface area contributed by atoms with Gasteiger partial charge in [0.2, 0.25) is 17.7 Å². The number of carboxylic acids is 1. The molecule has 0 bridgehead atoms. The molecule has 0 aromatic carbocycles. The van der Waals surface area contributed by atoms with E-state index in [0.29, 0.717) is 51.6 Å². The third kappa shape index (κ3) is 14.4. The molecule has 13 nitrogen and oxygen atoms in total. The van der Waals surface area contributed by atoms with Crippen LogP contribution in [0.2, 0.25) is 0 Å². The van der Waals surface area contributed by atoms with Crippen molar-refractivity contribution in [3.8, 4) is 0 Å². The standard InChI is InChI=1S/C24H48N8O5/c1-5-15(4)19(22(35)30-17(23(36)37)10-6-7-11-25)32-21(34)18(13-14(2)3)31-20(33)16(26)9-8-12-29-24(27)28/h14-19H,5-13,25-26H2,1-4H3,(H,30,35)(H,31,33)(H,32,34)(H,36,37)(H4,27,28,29). The van der Waals surface area contributed by atoms with Crippen LogP contribution in [0.4, 0.5) is 0 Å². The molecule has 3 amide bonds. The molecule has 214 valence electrons. The molecule has 0 heterocycles. The van der Waals surface area contributed by atoms with Gasteiger partial charge in [0.05, 0.1) is 6.04 Å². The first-order valence-corrected chi connectivity index (χ1v) is 13.0. The molecule has 0 saturated carbocycles. The second-order valence-corrected chi connectivity index (χ2v) is 9.80. The van der Waals surface area contributed by atoms with E-state index in [4.69, 9.17) is 22.9 Å². The number of amides is 3. The fraction of sp³-hybridized carbons (Fsp3) is 0.792. The van der Waals surface area contributed by atoms with Crippen molar-refractivity contribution < 1.29 is 24.3 Å². The predicted molar refractivity (Wildman–Crippen MR) is 143 cm³/mol. The summed E-state index contributed by atoms with van der Waals surface area (Å²) in [6.07, 6.45) is 3.10. The molecule has 0 saturated heterocycles. The summed E-state index contributed by atoms with van der Waals surface area (Å²) in [6.45, 7) is 8.21. The normalized spacial score (nSPS) is 15.1. The van der Waals surface area contributed by atoms with E-state index in [2.05, 4.69) is 20.9 Å². The van der Waals surface area contributed by atoms with Crippen LogP contribution in [0, 0.1) is 11.8 Å². The average molecular weight is 529 g/mol. The first kappa shape index (κ1) is 34.1. The molecule has 12 N–H and O–H groups in total. The summed E-state index contributed by atoms with van der Waals surface area (Å²) in [4.78, 5) is 54.4. The van der Waals surface area contributed by atoms with E-state index in [9.17, 15) is 24.3 Å². The Morgan fingerprint density at radius 3 is 2.00 bits per heavy atom. The van der Waals surface area contributed by atoms with E-state index in [1.807, 2.05) is 20.8 Å². The fourth-order valence-corrected chi connectivity index (χ4v) is 3.60. The lowest BCUT2D eigenvalue weighted by Gasteiger charge is -2.28. The van der Waals surface area contributed by atoms with Crippen LogP contribution in [0.3, 0.4) is 0 Å². The summed E-state index contributed by atoms with van der Waals surface area (Å²) in [7, 11) is 0. The van der Waals surface area contributed by atoms with Crippen molar-refractivity contribution in [2.75, 3.05) is 13.1 Å². The van der Waals surface area contributed by atoms with Gasteiger partial charge >= 0.3 is 5.97 Å². The van der Waals surface area contributed by atoms with E-state index >= 15 is 0 Å². The first-order valence-electron chi connectivity index (χ1n) is 13.0. The number of unbranched alkanes of at least 4 members (excludes halogenated alkanes) is 1. The van der Waals surface area contributed by atoms with Crippen LogP contribution in [-0.2, 0) is 19.2 Å². The molecule has 0 rings (SSSR count). The summed E-state index contributed by atoms with van der Waals surface area (Å²) in [5, 5.41) is 17.5. The van der Waals surface area contributed by atoms with Crippen LogP contribution in [0.25, 0.3) is 0 Å². The fourth-order valence-electron chi connectivity index (χ4n) is 3.60. The highest BCUT2D eigenvalue weighted by atomic mass is 16.4. The van der Waals surface area contributed by atoms with Crippen LogP contribution in [0.15, 0.2) is 4.99 Å². The molecule has 0 radical (unpaired) electrons. The van der Waals surface area contributed by atoms with Crippen LogP contribution >= 0.6 is 0 Å². The minimum Gasteiger partial charge on any atom is -0.480 e. The highest BCUT2D eigenvalue weighted by Crippen LogP contribution is 2.12. The van der Waals surface area contributed by atoms with Crippen molar-refractivity contribution in [1.29, 1.82) is 0 Å². The van der Waals surface area contributed by atoms with Crippen molar-refractivity contribution in [3.05, 3.63) is 0 Å². The number of rotatable bonds is 19. The van der Waals surface area contributed by atoms with Crippen LogP contribution < -0.4 is 38.9 Å². The molecule has 0 spiro atoms. The smallest absolute Gasteiger partial charge is 0.326 e. The molecule has 0 fully saturated rings. The largest absolute Gasteiger partial charge is 0.480 e. The summed E-state index contributed by atoms with van der Waals surface area (Å²) >= 11 is 0. The number of carboxylic acid groups (broad SMARTS) is 1. The van der Waals surface area contributed by atoms with E-state index in [1.54, 1.807) is 6.92 Å². The molecule has 0 aliphatic heterocycles. The average Bonchev–Trinajstić information content (AvgIpc) is 2.82. The predicted octanol–water partition coefficient (Wildman–Crippen LogP) is -0.872. The van der Waals surface area contributed by atoms with Gasteiger partial charge in [-0.05, 0) is 56.9 Å². The summed E-state index contributed by atoms with van der Waals surface area (Å²) in [5.74, 6) is -3.05. The zero-order chi connectivity index (χ0) is 28.5. The van der Waals surface area contributed by atoms with Gasteiger partial charge in [-0.1, -0.05) is 34.1 Å². The van der Waals surface area contributed by atoms with Crippen LogP contribution in [0.1, 0.15) is 72.6 Å². The van der Waals surface area contributed by atoms with Gasteiger partial charge in [-0.15, -0.1) is 0 Å². The Labute approximate surface area is 219 Å². The van der Waals surface area contributed by atoms with Crippen molar-refractivity contribution in [1.82, 2.24) is 16.0 Å². The number of nitrogens with two attached hydrogens (primary N) is 4. The Kier molecular flexibility index (Phi) is 16.9. The van der Waals surface area contributed by atoms with E-state index in [-0.39, 0.29) is 24.2 Å². The minimum absolute atomic E-state index is 0.0446. The molecule has 13 heteroatoms. The van der Waals surface area contributed by atoms with E-state index in [1.165, 1.54) is 0 Å². The highest BCUT2D eigenvalue weighted by molar-refractivity contribution is 5.94. The van der Waals surface area contributed by atoms with Crippen molar-refractivity contribution >= 4 is 29.7 Å². The Morgan fingerprint density at radius 1 is 0.865 bits per heavy atom. The van der Waals surface area contributed by atoms with Gasteiger partial charge in [0, 0.05) is 6.54 Å². The lowest BCUT2D eigenvalue weighted by atomic mass is 9.96. The lowest BCUT2D eigenvalue weighted by molar-refractivity contribution is -0.143. The number of guanidine groups is 1. The number of aliphatic carboxylic acids is 1. The molecule has 0 aromatic heterocycles. The van der Waals surface area contributed by atoms with Gasteiger partial charge in [0.15, 0.2) is 5.96 Å². The monoisotopic (exact) mass is 528 g/mol. The Balaban J connectivity index is 5.42. The molecular weight excluding hydrogens is 480 g/mol. The Hall–Kier alpha value is -2.93. The van der Waals surface area contributed by atoms with E-state index in [0.717, 1.165) is 0 Å². The molecular formula is C24H48N8O5. The van der Waals surface area contributed by atoms with Gasteiger partial charge in [0.25, 0.3) is 0 Å². The molecule has 37 heavy (non-hydrogen) atoms. The molecule has 0 aromatic rings. The van der Waals surface area contributed by atoms with Gasteiger partial charge in [0.1, 0.15) is 18.1 Å². The number of hydrogen-bond donors (Lipinski definition) is 8. The summed E-state index contributed by atoms with van der Waals surface area (Å²) in [5.41, 5.74) is 22.0. The number of hydrogen-bond acceptors (Lipinski definition) is 7. The molecule has 0 aliphatic carbocycles. The van der Waals surface area contributed by atoms with E-state index < -0.39 is 47.9 Å². The first-order chi connectivity index (χ1) is 17.3. The topological polar surface area (TPSA) is 241 Å². The highest BCUT2D eigenvalue weighted by Gasteiger charge is 2.32. The lowest BCUT2D eigenvalue weighted by Crippen LogP contribution is -2.58. The van der Waals surface area contributed by atoms with Crippen LogP contribution in [0.5, 0.6) is 0 Å². The minimum atomic E-state index is -1.15. The van der Waals surface area contributed by atoms with Gasteiger partial charge in [-0.25, -0.2) is 4.79 Å². The second-order valence-electron chi connectivity index (χ2n) is 9.80. The summed E-state index contributed by atoms with van der Waals surface area (Å²) in [6, 6.07) is -3.86. The zero-order valence-corrected chi connectivity index (χ0v) is 22.7. The maximum atomic E-state index is 13.2. The third-order valence-electron chi connectivity index (χ3n) is 6.00. The third-order valence-corrected chi connectivity index (χ3v) is 6.00. The Morgan fingerprint density at radius 2 is 1.49 bits per heavy atom. The molecule has 5 atom stereocenters. The molecule has 0 aliphatic rings. The Bertz CT molecular complexity index is 757. The van der Waals surface area contributed by atoms with Crippen LogP contribution in [-0.4, -0.2) is 72.0 Å². The van der Waals surface area contributed by atoms with Gasteiger partial charge < -0.3 is 44.0 Å². The second kappa shape index (κ2) is 18.3. The van der Waals surface area contributed by atoms with Crippen molar-refractivity contribution in [3.63, 3.8) is 0 Å². The quantitative estimate of drug-likeness (QED) is 0.0589. The maximum Gasteiger partial charge on any atom is 0.326 e. The summed E-state index contributed by atoms with van der Waals surface area (Å²) < 4.78 is 0. The molecule has 5 unspecified atom stereocenters. The maximum absolute atomic E-state index is 13.2. The SMILES string of the molecule is CCC(C)C(NC(=O)C(CC(C)C)NC(=O)C(N)CCCN=C(N)N)C(=O)NC(CCCCN)C(=O)O. The number of carbonyl (C=O) groups is 4. The number of aliphatic imine (C=N–C) groups is 1. The number of nitrogens with zero attached hydrogens (tertiary/aromatic N) is 1. The number of nitrogens with one attached hydrogen (secondary N) is 3. The zero-order valence-electron chi connectivity index (χ0n) is 22.7.